The van der Waals surface area contributed by atoms with E-state index in [4.69, 9.17) is 4.74 Å². The SMILES string of the molecule is C[C@H]1OCCN[C@@H]1C(=O)N(C)CC(=O)NCc1cccs1. The molecule has 0 aliphatic carbocycles. The molecule has 1 fully saturated rings. The average Bonchev–Trinajstić information content (AvgIpc) is 2.98. The van der Waals surface area contributed by atoms with Crippen LogP contribution in [-0.4, -0.2) is 55.6 Å². The van der Waals surface area contributed by atoms with E-state index in [9.17, 15) is 9.59 Å². The predicted octanol–water partition coefficient (Wildman–Crippen LogP) is 0.200. The smallest absolute Gasteiger partial charge is 0.242 e. The second-order valence-electron chi connectivity index (χ2n) is 5.06. The molecule has 2 atom stereocenters. The van der Waals surface area contributed by atoms with Crippen molar-refractivity contribution in [2.75, 3.05) is 26.7 Å². The Bertz CT molecular complexity index is 478. The fourth-order valence-electron chi connectivity index (χ4n) is 2.20. The van der Waals surface area contributed by atoms with E-state index in [1.165, 1.54) is 4.90 Å². The van der Waals surface area contributed by atoms with Crippen LogP contribution in [0.1, 0.15) is 11.8 Å². The van der Waals surface area contributed by atoms with Gasteiger partial charge in [-0.15, -0.1) is 11.3 Å². The van der Waals surface area contributed by atoms with Gasteiger partial charge in [0.2, 0.25) is 11.8 Å². The molecule has 0 aromatic carbocycles. The molecule has 116 valence electrons. The summed E-state index contributed by atoms with van der Waals surface area (Å²) in [4.78, 5) is 26.7. The van der Waals surface area contributed by atoms with Crippen molar-refractivity contribution >= 4 is 23.2 Å². The summed E-state index contributed by atoms with van der Waals surface area (Å²) in [5.41, 5.74) is 0. The summed E-state index contributed by atoms with van der Waals surface area (Å²) in [6.07, 6.45) is -0.178. The first kappa shape index (κ1) is 15.9. The van der Waals surface area contributed by atoms with Gasteiger partial charge in [0.25, 0.3) is 0 Å². The van der Waals surface area contributed by atoms with Gasteiger partial charge in [-0.2, -0.15) is 0 Å². The van der Waals surface area contributed by atoms with Crippen LogP contribution in [0.25, 0.3) is 0 Å². The second kappa shape index (κ2) is 7.53. The maximum absolute atomic E-state index is 12.3. The zero-order valence-corrected chi connectivity index (χ0v) is 13.1. The largest absolute Gasteiger partial charge is 0.375 e. The van der Waals surface area contributed by atoms with Crippen LogP contribution in [0.3, 0.4) is 0 Å². The minimum Gasteiger partial charge on any atom is -0.375 e. The molecule has 6 nitrogen and oxygen atoms in total. The number of amides is 2. The van der Waals surface area contributed by atoms with E-state index in [1.54, 1.807) is 18.4 Å². The lowest BCUT2D eigenvalue weighted by Gasteiger charge is -2.32. The van der Waals surface area contributed by atoms with Gasteiger partial charge in [-0.3, -0.25) is 9.59 Å². The highest BCUT2D eigenvalue weighted by molar-refractivity contribution is 7.09. The second-order valence-corrected chi connectivity index (χ2v) is 6.09. The lowest BCUT2D eigenvalue weighted by molar-refractivity contribution is -0.141. The molecule has 2 amide bonds. The Labute approximate surface area is 128 Å². The molecule has 1 aliphatic heterocycles. The van der Waals surface area contributed by atoms with Gasteiger partial charge in [-0.1, -0.05) is 6.07 Å². The summed E-state index contributed by atoms with van der Waals surface area (Å²) in [7, 11) is 1.63. The molecule has 0 saturated carbocycles. The number of nitrogens with one attached hydrogen (secondary N) is 2. The first-order valence-electron chi connectivity index (χ1n) is 6.97. The van der Waals surface area contributed by atoms with Crippen LogP contribution < -0.4 is 10.6 Å². The summed E-state index contributed by atoms with van der Waals surface area (Å²) in [6.45, 7) is 3.67. The van der Waals surface area contributed by atoms with E-state index >= 15 is 0 Å². The van der Waals surface area contributed by atoms with Crippen LogP contribution >= 0.6 is 11.3 Å². The van der Waals surface area contributed by atoms with Crippen molar-refractivity contribution in [2.45, 2.75) is 25.6 Å². The molecule has 2 N–H and O–H groups in total. The Balaban J connectivity index is 1.78. The lowest BCUT2D eigenvalue weighted by atomic mass is 10.1. The number of hydrogen-bond donors (Lipinski definition) is 2. The summed E-state index contributed by atoms with van der Waals surface area (Å²) in [5.74, 6) is -0.280. The minimum atomic E-state index is -0.381. The first-order valence-corrected chi connectivity index (χ1v) is 7.85. The maximum Gasteiger partial charge on any atom is 0.242 e. The quantitative estimate of drug-likeness (QED) is 0.815. The third-order valence-corrected chi connectivity index (χ3v) is 4.26. The molecule has 2 heterocycles. The molecule has 7 heteroatoms. The monoisotopic (exact) mass is 311 g/mol. The molecule has 1 aliphatic rings. The van der Waals surface area contributed by atoms with Gasteiger partial charge < -0.3 is 20.3 Å². The average molecular weight is 311 g/mol. The summed E-state index contributed by atoms with van der Waals surface area (Å²) in [6, 6.07) is 3.52. The van der Waals surface area contributed by atoms with Crippen LogP contribution in [0, 0.1) is 0 Å². The van der Waals surface area contributed by atoms with Crippen LogP contribution in [0.5, 0.6) is 0 Å². The number of ether oxygens (including phenoxy) is 1. The number of carbonyl (C=O) groups excluding carboxylic acids is 2. The third-order valence-electron chi connectivity index (χ3n) is 3.38. The van der Waals surface area contributed by atoms with Gasteiger partial charge in [0.15, 0.2) is 0 Å². The van der Waals surface area contributed by atoms with Crippen molar-refractivity contribution < 1.29 is 14.3 Å². The van der Waals surface area contributed by atoms with Crippen molar-refractivity contribution in [1.29, 1.82) is 0 Å². The van der Waals surface area contributed by atoms with Crippen molar-refractivity contribution in [3.63, 3.8) is 0 Å². The standard InChI is InChI=1S/C14H21N3O3S/c1-10-13(15-5-6-20-10)14(19)17(2)9-12(18)16-8-11-4-3-7-21-11/h3-4,7,10,13,15H,5-6,8-9H2,1-2H3,(H,16,18)/t10-,13+/m1/s1. The van der Waals surface area contributed by atoms with Gasteiger partial charge in [-0.25, -0.2) is 0 Å². The van der Waals surface area contributed by atoms with Crippen molar-refractivity contribution in [2.24, 2.45) is 0 Å². The Morgan fingerprint density at radius 2 is 2.38 bits per heavy atom. The lowest BCUT2D eigenvalue weighted by Crippen LogP contribution is -2.56. The summed E-state index contributed by atoms with van der Waals surface area (Å²) >= 11 is 1.59. The predicted molar refractivity (Wildman–Crippen MR) is 81.0 cm³/mol. The topological polar surface area (TPSA) is 70.7 Å². The van der Waals surface area contributed by atoms with Crippen LogP contribution in [0.4, 0.5) is 0 Å². The number of carbonyl (C=O) groups is 2. The van der Waals surface area contributed by atoms with Crippen LogP contribution in [0.2, 0.25) is 0 Å². The van der Waals surface area contributed by atoms with Gasteiger partial charge in [0, 0.05) is 18.5 Å². The summed E-state index contributed by atoms with van der Waals surface area (Å²) in [5, 5.41) is 7.91. The van der Waals surface area contributed by atoms with Gasteiger partial charge in [0.1, 0.15) is 6.04 Å². The number of rotatable bonds is 5. The highest BCUT2D eigenvalue weighted by Gasteiger charge is 2.30. The molecular weight excluding hydrogens is 290 g/mol. The third kappa shape index (κ3) is 4.52. The fourth-order valence-corrected chi connectivity index (χ4v) is 2.84. The van der Waals surface area contributed by atoms with Crippen LogP contribution in [0.15, 0.2) is 17.5 Å². The van der Waals surface area contributed by atoms with Crippen LogP contribution in [-0.2, 0) is 20.9 Å². The minimum absolute atomic E-state index is 0.0507. The van der Waals surface area contributed by atoms with Crippen molar-refractivity contribution in [1.82, 2.24) is 15.5 Å². The van der Waals surface area contributed by atoms with E-state index in [1.807, 2.05) is 24.4 Å². The van der Waals surface area contributed by atoms with Gasteiger partial charge >= 0.3 is 0 Å². The van der Waals surface area contributed by atoms with Crippen molar-refractivity contribution in [3.8, 4) is 0 Å². The molecule has 0 unspecified atom stereocenters. The fraction of sp³-hybridized carbons (Fsp3) is 0.571. The number of likely N-dealkylation sites (N-methyl/N-ethyl adjacent to an activating group) is 1. The van der Waals surface area contributed by atoms with E-state index in [0.717, 1.165) is 4.88 Å². The van der Waals surface area contributed by atoms with E-state index in [-0.39, 0.29) is 30.5 Å². The number of nitrogens with zero attached hydrogens (tertiary/aromatic N) is 1. The Morgan fingerprint density at radius 1 is 1.57 bits per heavy atom. The molecule has 1 aromatic heterocycles. The number of hydrogen-bond acceptors (Lipinski definition) is 5. The molecular formula is C14H21N3O3S. The molecule has 2 rings (SSSR count). The number of morpholine rings is 1. The zero-order valence-electron chi connectivity index (χ0n) is 12.3. The Kier molecular flexibility index (Phi) is 5.72. The van der Waals surface area contributed by atoms with Crippen molar-refractivity contribution in [3.05, 3.63) is 22.4 Å². The Morgan fingerprint density at radius 3 is 3.05 bits per heavy atom. The highest BCUT2D eigenvalue weighted by atomic mass is 32.1. The van der Waals surface area contributed by atoms with E-state index in [0.29, 0.717) is 19.7 Å². The molecule has 0 spiro atoms. The maximum atomic E-state index is 12.3. The molecule has 0 bridgehead atoms. The summed E-state index contributed by atoms with van der Waals surface area (Å²) < 4.78 is 5.45. The molecule has 1 saturated heterocycles. The normalized spacial score (nSPS) is 21.8. The zero-order chi connectivity index (χ0) is 15.2. The first-order chi connectivity index (χ1) is 10.1. The number of thiophene rings is 1. The van der Waals surface area contributed by atoms with E-state index < -0.39 is 0 Å². The molecule has 0 radical (unpaired) electrons. The Hall–Kier alpha value is -1.44. The van der Waals surface area contributed by atoms with E-state index in [2.05, 4.69) is 10.6 Å². The van der Waals surface area contributed by atoms with Gasteiger partial charge in [0.05, 0.1) is 25.8 Å². The highest BCUT2D eigenvalue weighted by Crippen LogP contribution is 2.08. The molecule has 1 aromatic rings. The van der Waals surface area contributed by atoms with Gasteiger partial charge in [-0.05, 0) is 18.4 Å². The molecule has 21 heavy (non-hydrogen) atoms.